The van der Waals surface area contributed by atoms with Crippen molar-refractivity contribution in [2.45, 2.75) is 45.7 Å². The zero-order valence-electron chi connectivity index (χ0n) is 16.4. The number of carbonyl (C=O) groups is 1. The summed E-state index contributed by atoms with van der Waals surface area (Å²) in [6.45, 7) is 5.23. The third-order valence-electron chi connectivity index (χ3n) is 5.28. The lowest BCUT2D eigenvalue weighted by Gasteiger charge is -2.32. The lowest BCUT2D eigenvalue weighted by atomic mass is 9.98. The number of hydrogen-bond donors (Lipinski definition) is 2. The molecule has 3 aromatic rings. The van der Waals surface area contributed by atoms with Gasteiger partial charge in [0.15, 0.2) is 0 Å². The highest BCUT2D eigenvalue weighted by molar-refractivity contribution is 5.98. The Morgan fingerprint density at radius 2 is 2.21 bits per heavy atom. The average molecular weight is 378 g/mol. The summed E-state index contributed by atoms with van der Waals surface area (Å²) in [6.07, 6.45) is 5.22. The first-order valence-electron chi connectivity index (χ1n) is 9.89. The van der Waals surface area contributed by atoms with Crippen molar-refractivity contribution < 1.29 is 9.32 Å². The van der Waals surface area contributed by atoms with Gasteiger partial charge in [0.1, 0.15) is 17.1 Å². The molecule has 28 heavy (non-hydrogen) atoms. The summed E-state index contributed by atoms with van der Waals surface area (Å²) in [5.74, 6) is 0.863. The number of aromatic amines is 1. The summed E-state index contributed by atoms with van der Waals surface area (Å²) in [7, 11) is 0. The van der Waals surface area contributed by atoms with Crippen LogP contribution in [0.25, 0.3) is 10.9 Å². The van der Waals surface area contributed by atoms with Crippen LogP contribution in [0.1, 0.15) is 48.1 Å². The SMILES string of the molecule is CCN(C(=O)c1cc2ccccc2[nH]1)[C@@H]1C=C(NCc2cc(C)on2)CCC1. The van der Waals surface area contributed by atoms with E-state index in [-0.39, 0.29) is 11.9 Å². The molecule has 6 nitrogen and oxygen atoms in total. The van der Waals surface area contributed by atoms with E-state index < -0.39 is 0 Å². The molecule has 6 heteroatoms. The highest BCUT2D eigenvalue weighted by Crippen LogP contribution is 2.23. The molecular weight excluding hydrogens is 352 g/mol. The van der Waals surface area contributed by atoms with Gasteiger partial charge >= 0.3 is 0 Å². The second-order valence-electron chi connectivity index (χ2n) is 7.30. The zero-order chi connectivity index (χ0) is 19.5. The van der Waals surface area contributed by atoms with Gasteiger partial charge in [0.2, 0.25) is 0 Å². The van der Waals surface area contributed by atoms with Gasteiger partial charge in [0.25, 0.3) is 5.91 Å². The van der Waals surface area contributed by atoms with Crippen LogP contribution in [-0.4, -0.2) is 33.5 Å². The van der Waals surface area contributed by atoms with Gasteiger partial charge in [-0.25, -0.2) is 0 Å². The van der Waals surface area contributed by atoms with Gasteiger partial charge in [-0.3, -0.25) is 4.79 Å². The molecule has 0 aliphatic heterocycles. The molecule has 2 N–H and O–H groups in total. The molecule has 4 rings (SSSR count). The molecule has 146 valence electrons. The molecule has 1 aromatic carbocycles. The van der Waals surface area contributed by atoms with Gasteiger partial charge in [-0.15, -0.1) is 0 Å². The van der Waals surface area contributed by atoms with Crippen molar-refractivity contribution in [3.05, 3.63) is 65.3 Å². The number of allylic oxidation sites excluding steroid dienone is 1. The Hall–Kier alpha value is -3.02. The smallest absolute Gasteiger partial charge is 0.270 e. The van der Waals surface area contributed by atoms with E-state index in [0.29, 0.717) is 18.8 Å². The van der Waals surface area contributed by atoms with Crippen molar-refractivity contribution in [1.82, 2.24) is 20.4 Å². The minimum absolute atomic E-state index is 0.0494. The van der Waals surface area contributed by atoms with E-state index >= 15 is 0 Å². The summed E-state index contributed by atoms with van der Waals surface area (Å²) >= 11 is 0. The first kappa shape index (κ1) is 18.3. The van der Waals surface area contributed by atoms with Gasteiger partial charge in [0, 0.05) is 29.2 Å². The summed E-state index contributed by atoms with van der Waals surface area (Å²) in [5.41, 5.74) is 3.70. The zero-order valence-corrected chi connectivity index (χ0v) is 16.4. The van der Waals surface area contributed by atoms with E-state index in [1.807, 2.05) is 55.1 Å². The van der Waals surface area contributed by atoms with Crippen molar-refractivity contribution in [1.29, 1.82) is 0 Å². The van der Waals surface area contributed by atoms with E-state index in [4.69, 9.17) is 4.52 Å². The Kier molecular flexibility index (Phi) is 5.19. The number of nitrogens with zero attached hydrogens (tertiary/aromatic N) is 2. The predicted octanol–water partition coefficient (Wildman–Crippen LogP) is 4.15. The number of nitrogens with one attached hydrogen (secondary N) is 2. The maximum absolute atomic E-state index is 13.2. The van der Waals surface area contributed by atoms with Gasteiger partial charge in [-0.05, 0) is 51.3 Å². The van der Waals surface area contributed by atoms with Gasteiger partial charge in [-0.1, -0.05) is 23.4 Å². The van der Waals surface area contributed by atoms with Crippen LogP contribution in [0.5, 0.6) is 0 Å². The third kappa shape index (κ3) is 3.81. The quantitative estimate of drug-likeness (QED) is 0.676. The molecule has 2 heterocycles. The fourth-order valence-corrected chi connectivity index (χ4v) is 3.87. The first-order chi connectivity index (χ1) is 13.6. The summed E-state index contributed by atoms with van der Waals surface area (Å²) in [4.78, 5) is 18.4. The van der Waals surface area contributed by atoms with Crippen LogP contribution in [0, 0.1) is 6.92 Å². The molecule has 0 bridgehead atoms. The molecule has 0 unspecified atom stereocenters. The number of likely N-dealkylation sites (N-methyl/N-ethyl adjacent to an activating group) is 1. The molecule has 0 saturated carbocycles. The molecule has 0 saturated heterocycles. The maximum Gasteiger partial charge on any atom is 0.270 e. The van der Waals surface area contributed by atoms with E-state index in [1.165, 1.54) is 5.70 Å². The number of para-hydroxylation sites is 1. The average Bonchev–Trinajstić information content (AvgIpc) is 3.33. The van der Waals surface area contributed by atoms with Gasteiger partial charge in [0.05, 0.1) is 12.6 Å². The molecule has 1 atom stereocenters. The number of amides is 1. The highest BCUT2D eigenvalue weighted by Gasteiger charge is 2.25. The van der Waals surface area contributed by atoms with Crippen molar-refractivity contribution in [2.24, 2.45) is 0 Å². The Labute approximate surface area is 164 Å². The fourth-order valence-electron chi connectivity index (χ4n) is 3.87. The van der Waals surface area contributed by atoms with Crippen molar-refractivity contribution in [3.63, 3.8) is 0 Å². The molecule has 0 fully saturated rings. The highest BCUT2D eigenvalue weighted by atomic mass is 16.5. The Bertz CT molecular complexity index is 968. The minimum Gasteiger partial charge on any atom is -0.383 e. The lowest BCUT2D eigenvalue weighted by molar-refractivity contribution is 0.0706. The second-order valence-corrected chi connectivity index (χ2v) is 7.30. The Morgan fingerprint density at radius 3 is 2.96 bits per heavy atom. The largest absolute Gasteiger partial charge is 0.383 e. The van der Waals surface area contributed by atoms with Crippen LogP contribution in [0.4, 0.5) is 0 Å². The number of H-pyrrole nitrogens is 1. The molecule has 0 radical (unpaired) electrons. The molecule has 2 aromatic heterocycles. The van der Waals surface area contributed by atoms with Crippen molar-refractivity contribution in [3.8, 4) is 0 Å². The number of rotatable bonds is 6. The molecule has 1 aliphatic carbocycles. The number of hydrogen-bond acceptors (Lipinski definition) is 4. The monoisotopic (exact) mass is 378 g/mol. The van der Waals surface area contributed by atoms with E-state index in [1.54, 1.807) is 0 Å². The van der Waals surface area contributed by atoms with Crippen LogP contribution >= 0.6 is 0 Å². The number of aryl methyl sites for hydroxylation is 1. The van der Waals surface area contributed by atoms with Crippen LogP contribution in [0.15, 0.2) is 52.7 Å². The van der Waals surface area contributed by atoms with Crippen molar-refractivity contribution >= 4 is 16.8 Å². The summed E-state index contributed by atoms with van der Waals surface area (Å²) < 4.78 is 5.12. The third-order valence-corrected chi connectivity index (χ3v) is 5.28. The van der Waals surface area contributed by atoms with Gasteiger partial charge in [-0.2, -0.15) is 0 Å². The molecular formula is C22H26N4O2. The molecule has 1 amide bonds. The van der Waals surface area contributed by atoms with Crippen LogP contribution in [0.3, 0.4) is 0 Å². The summed E-state index contributed by atoms with van der Waals surface area (Å²) in [6, 6.07) is 12.0. The van der Waals surface area contributed by atoms with E-state index in [2.05, 4.69) is 21.5 Å². The minimum atomic E-state index is 0.0494. The lowest BCUT2D eigenvalue weighted by Crippen LogP contribution is -2.41. The first-order valence-corrected chi connectivity index (χ1v) is 9.89. The predicted molar refractivity (Wildman–Crippen MR) is 109 cm³/mol. The normalized spacial score (nSPS) is 16.8. The topological polar surface area (TPSA) is 74.2 Å². The van der Waals surface area contributed by atoms with E-state index in [0.717, 1.165) is 41.6 Å². The number of aromatic nitrogens is 2. The molecule has 1 aliphatic rings. The van der Waals surface area contributed by atoms with Gasteiger partial charge < -0.3 is 19.7 Å². The Morgan fingerprint density at radius 1 is 1.36 bits per heavy atom. The second kappa shape index (κ2) is 7.92. The molecule has 0 spiro atoms. The van der Waals surface area contributed by atoms with Crippen LogP contribution < -0.4 is 5.32 Å². The number of fused-ring (bicyclic) bond motifs is 1. The van der Waals surface area contributed by atoms with Crippen molar-refractivity contribution in [2.75, 3.05) is 6.54 Å². The van der Waals surface area contributed by atoms with Crippen LogP contribution in [-0.2, 0) is 6.54 Å². The number of benzene rings is 1. The maximum atomic E-state index is 13.2. The standard InChI is InChI=1S/C22H26N4O2/c1-3-26(22(27)21-12-16-7-4-5-10-20(16)24-21)19-9-6-8-17(13-19)23-14-18-11-15(2)28-25-18/h4-5,7,10-13,19,23-24H,3,6,8-9,14H2,1-2H3/t19-/m0/s1. The fraction of sp³-hybridized carbons (Fsp3) is 0.364. The van der Waals surface area contributed by atoms with Crippen LogP contribution in [0.2, 0.25) is 0 Å². The summed E-state index contributed by atoms with van der Waals surface area (Å²) in [5, 5.41) is 8.54. The number of carbonyl (C=O) groups excluding carboxylic acids is 1. The Balaban J connectivity index is 1.48. The van der Waals surface area contributed by atoms with E-state index in [9.17, 15) is 4.79 Å².